The predicted octanol–water partition coefficient (Wildman–Crippen LogP) is 11.5. The van der Waals surface area contributed by atoms with Crippen molar-refractivity contribution < 1.29 is 9.59 Å². The average Bonchev–Trinajstić information content (AvgIpc) is 3.50. The Balaban J connectivity index is 1.29. The van der Waals surface area contributed by atoms with Gasteiger partial charge in [-0.15, -0.1) is 0 Å². The van der Waals surface area contributed by atoms with Crippen LogP contribution in [0.2, 0.25) is 0 Å². The molecule has 8 aromatic rings. The number of benzene rings is 7. The van der Waals surface area contributed by atoms with Gasteiger partial charge >= 0.3 is 0 Å². The second-order valence-electron chi connectivity index (χ2n) is 12.7. The molecule has 240 valence electrons. The number of nitrogens with zero attached hydrogens (tertiary/aromatic N) is 1. The Morgan fingerprint density at radius 1 is 0.540 bits per heavy atom. The fourth-order valence-corrected chi connectivity index (χ4v) is 7.01. The fourth-order valence-electron chi connectivity index (χ4n) is 7.01. The molecule has 0 fully saturated rings. The summed E-state index contributed by atoms with van der Waals surface area (Å²) in [5.41, 5.74) is 11.3. The zero-order valence-corrected chi connectivity index (χ0v) is 27.9. The number of hydrogen-bond donors (Lipinski definition) is 1. The number of ketones is 1. The molecule has 0 aliphatic heterocycles. The molecular weight excluding hydrogens is 613 g/mol. The van der Waals surface area contributed by atoms with Crippen LogP contribution in [0.15, 0.2) is 164 Å². The summed E-state index contributed by atoms with van der Waals surface area (Å²) >= 11 is 0. The van der Waals surface area contributed by atoms with Crippen molar-refractivity contribution in [3.05, 3.63) is 180 Å². The number of aromatic nitrogens is 1. The number of hydrogen-bond acceptors (Lipinski definition) is 2. The topological polar surface area (TPSA) is 51.1 Å². The van der Waals surface area contributed by atoms with Crippen LogP contribution in [0.4, 0.5) is 5.69 Å². The predicted molar refractivity (Wildman–Crippen MR) is 206 cm³/mol. The van der Waals surface area contributed by atoms with E-state index in [1.165, 1.54) is 12.5 Å². The summed E-state index contributed by atoms with van der Waals surface area (Å²) in [6.07, 6.45) is 0. The van der Waals surface area contributed by atoms with Gasteiger partial charge in [-0.3, -0.25) is 9.59 Å². The summed E-state index contributed by atoms with van der Waals surface area (Å²) in [5, 5.41) is 5.32. The molecule has 1 aromatic heterocycles. The van der Waals surface area contributed by atoms with Crippen LogP contribution in [-0.2, 0) is 0 Å². The Kier molecular flexibility index (Phi) is 7.90. The van der Waals surface area contributed by atoms with E-state index in [0.29, 0.717) is 22.5 Å². The van der Waals surface area contributed by atoms with E-state index in [2.05, 4.69) is 102 Å². The molecule has 1 N–H and O–H groups in total. The van der Waals surface area contributed by atoms with E-state index < -0.39 is 0 Å². The van der Waals surface area contributed by atoms with Gasteiger partial charge < -0.3 is 9.88 Å². The molecule has 0 spiro atoms. The summed E-state index contributed by atoms with van der Waals surface area (Å²) in [4.78, 5) is 28.0. The highest BCUT2D eigenvalue weighted by Crippen LogP contribution is 2.39. The molecule has 50 heavy (non-hydrogen) atoms. The molecule has 0 bridgehead atoms. The highest BCUT2D eigenvalue weighted by molar-refractivity contribution is 6.17. The van der Waals surface area contributed by atoms with Gasteiger partial charge in [0, 0.05) is 22.0 Å². The lowest BCUT2D eigenvalue weighted by molar-refractivity contribution is 0.0985. The van der Waals surface area contributed by atoms with Gasteiger partial charge in [-0.1, -0.05) is 133 Å². The SMILES string of the molecule is CC(=O)c1c(C(=O)Nc2cc(-c3ccccc3)cc(-c3ccccc3)c2)cccc1-n1c2ccccc2c2cccc(-c3ccc(C)cc3)c21. The largest absolute Gasteiger partial charge is 0.322 e. The minimum absolute atomic E-state index is 0.187. The second-order valence-corrected chi connectivity index (χ2v) is 12.7. The van der Waals surface area contributed by atoms with E-state index >= 15 is 0 Å². The van der Waals surface area contributed by atoms with Crippen molar-refractivity contribution in [3.8, 4) is 39.1 Å². The number of carbonyl (C=O) groups is 2. The number of rotatable bonds is 7. The zero-order valence-electron chi connectivity index (χ0n) is 27.9. The zero-order chi connectivity index (χ0) is 34.2. The molecule has 4 heteroatoms. The number of para-hydroxylation sites is 2. The number of aryl methyl sites for hydroxylation is 1. The lowest BCUT2D eigenvalue weighted by Gasteiger charge is -2.18. The number of amides is 1. The first-order valence-corrected chi connectivity index (χ1v) is 16.8. The van der Waals surface area contributed by atoms with Crippen molar-refractivity contribution in [2.75, 3.05) is 5.32 Å². The molecule has 1 heterocycles. The number of fused-ring (bicyclic) bond motifs is 3. The quantitative estimate of drug-likeness (QED) is 0.175. The Bertz CT molecular complexity index is 2490. The maximum atomic E-state index is 14.3. The fraction of sp³-hybridized carbons (Fsp3) is 0.0435. The van der Waals surface area contributed by atoms with E-state index in [9.17, 15) is 9.59 Å². The second kappa shape index (κ2) is 12.8. The molecular formula is C46H34N2O2. The minimum Gasteiger partial charge on any atom is -0.322 e. The first-order chi connectivity index (χ1) is 24.5. The molecule has 0 saturated heterocycles. The van der Waals surface area contributed by atoms with Crippen LogP contribution in [0, 0.1) is 6.92 Å². The van der Waals surface area contributed by atoms with Crippen molar-refractivity contribution in [1.82, 2.24) is 4.57 Å². The summed E-state index contributed by atoms with van der Waals surface area (Å²) in [5.74, 6) is -0.534. The smallest absolute Gasteiger partial charge is 0.256 e. The monoisotopic (exact) mass is 646 g/mol. The van der Waals surface area contributed by atoms with Crippen LogP contribution < -0.4 is 5.32 Å². The van der Waals surface area contributed by atoms with Gasteiger partial charge in [0.05, 0.1) is 27.8 Å². The van der Waals surface area contributed by atoms with E-state index in [-0.39, 0.29) is 11.7 Å². The number of carbonyl (C=O) groups excluding carboxylic acids is 2. The van der Waals surface area contributed by atoms with Crippen molar-refractivity contribution in [2.24, 2.45) is 0 Å². The maximum Gasteiger partial charge on any atom is 0.256 e. The third-order valence-electron chi connectivity index (χ3n) is 9.34. The third kappa shape index (κ3) is 5.57. The molecule has 0 unspecified atom stereocenters. The molecule has 0 saturated carbocycles. The molecule has 7 aromatic carbocycles. The average molecular weight is 647 g/mol. The number of anilines is 1. The summed E-state index contributed by atoms with van der Waals surface area (Å²) in [6.45, 7) is 3.62. The Hall–Kier alpha value is -6.52. The van der Waals surface area contributed by atoms with Crippen LogP contribution in [0.5, 0.6) is 0 Å². The molecule has 4 nitrogen and oxygen atoms in total. The molecule has 0 aliphatic carbocycles. The third-order valence-corrected chi connectivity index (χ3v) is 9.34. The first-order valence-electron chi connectivity index (χ1n) is 16.8. The van der Waals surface area contributed by atoms with Crippen LogP contribution in [0.3, 0.4) is 0 Å². The van der Waals surface area contributed by atoms with Crippen LogP contribution in [0.1, 0.15) is 33.2 Å². The van der Waals surface area contributed by atoms with Gasteiger partial charge in [-0.05, 0) is 78.1 Å². The summed E-state index contributed by atoms with van der Waals surface area (Å²) in [7, 11) is 0. The minimum atomic E-state index is -0.346. The maximum absolute atomic E-state index is 14.3. The van der Waals surface area contributed by atoms with Gasteiger partial charge in [0.2, 0.25) is 0 Å². The standard InChI is InChI=1S/C46H34N2O2/c1-30-23-25-34(26-24-30)38-18-11-19-40-39-17-9-10-21-42(39)48(45(38)40)43-22-12-20-41(44(43)31(2)49)46(50)47-37-28-35(32-13-5-3-6-14-32)27-36(29-37)33-15-7-4-8-16-33/h3-29H,1-2H3,(H,47,50). The van der Waals surface area contributed by atoms with E-state index in [1.54, 1.807) is 6.07 Å². The van der Waals surface area contributed by atoms with Crippen molar-refractivity contribution in [3.63, 3.8) is 0 Å². The lowest BCUT2D eigenvalue weighted by Crippen LogP contribution is -2.18. The molecule has 0 aliphatic rings. The Labute approximate surface area is 291 Å². The van der Waals surface area contributed by atoms with Gasteiger partial charge in [0.1, 0.15) is 0 Å². The molecule has 0 radical (unpaired) electrons. The van der Waals surface area contributed by atoms with Crippen molar-refractivity contribution in [1.29, 1.82) is 0 Å². The van der Waals surface area contributed by atoms with E-state index in [0.717, 1.165) is 55.2 Å². The molecule has 1 amide bonds. The number of nitrogens with one attached hydrogen (secondary N) is 1. The normalized spacial score (nSPS) is 11.2. The van der Waals surface area contributed by atoms with Gasteiger partial charge in [-0.2, -0.15) is 0 Å². The van der Waals surface area contributed by atoms with Gasteiger partial charge in [0.15, 0.2) is 5.78 Å². The van der Waals surface area contributed by atoms with E-state index in [4.69, 9.17) is 0 Å². The van der Waals surface area contributed by atoms with Crippen LogP contribution >= 0.6 is 0 Å². The van der Waals surface area contributed by atoms with Gasteiger partial charge in [0.25, 0.3) is 5.91 Å². The van der Waals surface area contributed by atoms with Gasteiger partial charge in [-0.25, -0.2) is 0 Å². The van der Waals surface area contributed by atoms with Crippen molar-refractivity contribution in [2.45, 2.75) is 13.8 Å². The van der Waals surface area contributed by atoms with Crippen molar-refractivity contribution >= 4 is 39.2 Å². The lowest BCUT2D eigenvalue weighted by atomic mass is 9.97. The van der Waals surface area contributed by atoms with Crippen LogP contribution in [-0.4, -0.2) is 16.3 Å². The first kappa shape index (κ1) is 30.8. The summed E-state index contributed by atoms with van der Waals surface area (Å²) in [6, 6.07) is 54.9. The number of Topliss-reactive ketones (excluding diaryl/α,β-unsaturated/α-hetero) is 1. The highest BCUT2D eigenvalue weighted by atomic mass is 16.2. The Morgan fingerprint density at radius 2 is 1.14 bits per heavy atom. The summed E-state index contributed by atoms with van der Waals surface area (Å²) < 4.78 is 2.15. The van der Waals surface area contributed by atoms with E-state index in [1.807, 2.05) is 72.8 Å². The van der Waals surface area contributed by atoms with Crippen LogP contribution in [0.25, 0.3) is 60.9 Å². The Morgan fingerprint density at radius 3 is 1.80 bits per heavy atom. The molecule has 0 atom stereocenters. The highest BCUT2D eigenvalue weighted by Gasteiger charge is 2.24. The molecule has 8 rings (SSSR count).